The van der Waals surface area contributed by atoms with E-state index in [2.05, 4.69) is 52.8 Å². The second kappa shape index (κ2) is 5.26. The van der Waals surface area contributed by atoms with E-state index in [1.165, 1.54) is 22.9 Å². The predicted molar refractivity (Wildman–Crippen MR) is 99.2 cm³/mol. The highest BCUT2D eigenvalue weighted by molar-refractivity contribution is 6.06. The molecule has 6 heteroatoms. The Morgan fingerprint density at radius 1 is 1.12 bits per heavy atom. The third kappa shape index (κ3) is 2.17. The van der Waals surface area contributed by atoms with Crippen LogP contribution in [0.4, 0.5) is 5.69 Å². The van der Waals surface area contributed by atoms with Crippen LogP contribution in [0.15, 0.2) is 34.4 Å². The summed E-state index contributed by atoms with van der Waals surface area (Å²) < 4.78 is 2.15. The van der Waals surface area contributed by atoms with Gasteiger partial charge in [0.05, 0.1) is 5.52 Å². The fourth-order valence-electron chi connectivity index (χ4n) is 4.21. The van der Waals surface area contributed by atoms with Gasteiger partial charge in [-0.15, -0.1) is 0 Å². The number of nitrogens with two attached hydrogens (primary N) is 2. The van der Waals surface area contributed by atoms with Crippen LogP contribution in [0, 0.1) is 6.92 Å². The van der Waals surface area contributed by atoms with Gasteiger partial charge >= 0.3 is 0 Å². The van der Waals surface area contributed by atoms with Crippen molar-refractivity contribution in [2.75, 3.05) is 4.90 Å². The van der Waals surface area contributed by atoms with E-state index in [-0.39, 0.29) is 5.66 Å². The molecule has 0 amide bonds. The molecule has 1 fully saturated rings. The number of fused-ring (bicyclic) bond motifs is 1. The molecule has 6 nitrogen and oxygen atoms in total. The number of benzene rings is 1. The highest BCUT2D eigenvalue weighted by atomic mass is 15.4. The number of hydrogen-bond acceptors (Lipinski definition) is 5. The predicted octanol–water partition coefficient (Wildman–Crippen LogP) is 2.60. The first-order chi connectivity index (χ1) is 11.5. The Labute approximate surface area is 141 Å². The lowest BCUT2D eigenvalue weighted by atomic mass is 9.87. The van der Waals surface area contributed by atoms with Gasteiger partial charge in [-0.05, 0) is 50.3 Å². The van der Waals surface area contributed by atoms with E-state index in [1.54, 1.807) is 0 Å². The number of aryl methyl sites for hydroxylation is 2. The number of rotatable bonds is 1. The summed E-state index contributed by atoms with van der Waals surface area (Å²) in [4.78, 5) is 11.1. The molecule has 0 radical (unpaired) electrons. The monoisotopic (exact) mass is 324 g/mol. The number of hydrogen-bond donors (Lipinski definition) is 2. The van der Waals surface area contributed by atoms with Crippen LogP contribution in [0.1, 0.15) is 37.7 Å². The molecule has 0 saturated heterocycles. The SMILES string of the molecule is Cc1cn(C)c2cc(N3C(N)=NC(N)=NC34CCCCC4)ccc12. The summed E-state index contributed by atoms with van der Waals surface area (Å²) in [6.45, 7) is 2.13. The number of nitrogens with zero attached hydrogens (tertiary/aromatic N) is 4. The summed E-state index contributed by atoms with van der Waals surface area (Å²) in [5, 5.41) is 1.26. The first kappa shape index (κ1) is 15.1. The van der Waals surface area contributed by atoms with E-state index in [1.807, 2.05) is 0 Å². The molecule has 1 spiro atoms. The zero-order chi connectivity index (χ0) is 16.9. The summed E-state index contributed by atoms with van der Waals surface area (Å²) in [5.74, 6) is 0.733. The maximum Gasteiger partial charge on any atom is 0.220 e. The quantitative estimate of drug-likeness (QED) is 0.845. The van der Waals surface area contributed by atoms with Crippen molar-refractivity contribution < 1.29 is 0 Å². The molecule has 1 aliphatic heterocycles. The molecular weight excluding hydrogens is 300 g/mol. The average Bonchev–Trinajstić information content (AvgIpc) is 2.81. The summed E-state index contributed by atoms with van der Waals surface area (Å²) in [6, 6.07) is 6.45. The molecule has 0 unspecified atom stereocenters. The van der Waals surface area contributed by atoms with E-state index >= 15 is 0 Å². The number of aromatic nitrogens is 1. The third-order valence-corrected chi connectivity index (χ3v) is 5.28. The summed E-state index contributed by atoms with van der Waals surface area (Å²) in [5.41, 5.74) is 15.3. The fourth-order valence-corrected chi connectivity index (χ4v) is 4.21. The van der Waals surface area contributed by atoms with Crippen LogP contribution in [0.5, 0.6) is 0 Å². The molecule has 0 atom stereocenters. The molecule has 4 N–H and O–H groups in total. The van der Waals surface area contributed by atoms with Gasteiger partial charge in [0.15, 0.2) is 0 Å². The third-order valence-electron chi connectivity index (χ3n) is 5.28. The number of anilines is 1. The highest BCUT2D eigenvalue weighted by Crippen LogP contribution is 2.40. The van der Waals surface area contributed by atoms with Gasteiger partial charge in [-0.3, -0.25) is 4.90 Å². The Bertz CT molecular complexity index is 854. The molecule has 1 aliphatic carbocycles. The first-order valence-corrected chi connectivity index (χ1v) is 8.56. The van der Waals surface area contributed by atoms with Crippen molar-refractivity contribution >= 4 is 28.5 Å². The normalized spacial score (nSPS) is 20.3. The zero-order valence-electron chi connectivity index (χ0n) is 14.3. The second-order valence-electron chi connectivity index (χ2n) is 6.94. The van der Waals surface area contributed by atoms with Crippen molar-refractivity contribution in [3.63, 3.8) is 0 Å². The van der Waals surface area contributed by atoms with Crippen LogP contribution in [-0.2, 0) is 7.05 Å². The molecular formula is C18H24N6. The summed E-state index contributed by atoms with van der Waals surface area (Å²) in [7, 11) is 2.07. The Kier molecular flexibility index (Phi) is 3.30. The van der Waals surface area contributed by atoms with E-state index in [0.717, 1.165) is 31.4 Å². The molecule has 4 rings (SSSR count). The smallest absolute Gasteiger partial charge is 0.220 e. The average molecular weight is 324 g/mol. The van der Waals surface area contributed by atoms with Crippen LogP contribution < -0.4 is 16.4 Å². The maximum absolute atomic E-state index is 6.30. The second-order valence-corrected chi connectivity index (χ2v) is 6.94. The Morgan fingerprint density at radius 2 is 1.88 bits per heavy atom. The lowest BCUT2D eigenvalue weighted by Crippen LogP contribution is -2.58. The van der Waals surface area contributed by atoms with Gasteiger partial charge in [0.1, 0.15) is 5.66 Å². The van der Waals surface area contributed by atoms with Crippen molar-refractivity contribution in [1.82, 2.24) is 4.57 Å². The van der Waals surface area contributed by atoms with Crippen molar-refractivity contribution in [2.24, 2.45) is 28.5 Å². The van der Waals surface area contributed by atoms with Crippen molar-refractivity contribution in [3.8, 4) is 0 Å². The van der Waals surface area contributed by atoms with Crippen LogP contribution in [-0.4, -0.2) is 22.1 Å². The van der Waals surface area contributed by atoms with E-state index < -0.39 is 0 Å². The summed E-state index contributed by atoms with van der Waals surface area (Å²) >= 11 is 0. The molecule has 24 heavy (non-hydrogen) atoms. The van der Waals surface area contributed by atoms with E-state index in [0.29, 0.717) is 11.9 Å². The molecule has 2 aromatic rings. The standard InChI is InChI=1S/C18H24N6/c1-12-11-23(2)15-10-13(6-7-14(12)15)24-17(20)21-16(19)22-18(24)8-4-3-5-9-18/h6-7,10-11H,3-5,8-9H2,1-2H3,(H4,19,20,21,22). The van der Waals surface area contributed by atoms with Crippen molar-refractivity contribution in [3.05, 3.63) is 30.0 Å². The minimum Gasteiger partial charge on any atom is -0.369 e. The van der Waals surface area contributed by atoms with E-state index in [4.69, 9.17) is 16.5 Å². The van der Waals surface area contributed by atoms with Crippen LogP contribution in [0.25, 0.3) is 10.9 Å². The van der Waals surface area contributed by atoms with Gasteiger partial charge in [0, 0.05) is 24.3 Å². The molecule has 1 aromatic carbocycles. The van der Waals surface area contributed by atoms with Crippen LogP contribution in [0.3, 0.4) is 0 Å². The van der Waals surface area contributed by atoms with Gasteiger partial charge in [-0.1, -0.05) is 12.5 Å². The zero-order valence-corrected chi connectivity index (χ0v) is 14.3. The minimum atomic E-state index is -0.387. The molecule has 2 heterocycles. The van der Waals surface area contributed by atoms with Crippen molar-refractivity contribution in [2.45, 2.75) is 44.7 Å². The molecule has 1 aromatic heterocycles. The largest absolute Gasteiger partial charge is 0.369 e. The van der Waals surface area contributed by atoms with Gasteiger partial charge in [-0.25, -0.2) is 4.99 Å². The van der Waals surface area contributed by atoms with Gasteiger partial charge < -0.3 is 16.0 Å². The molecule has 126 valence electrons. The number of aliphatic imine (C=N–C) groups is 2. The Balaban J connectivity index is 1.86. The molecule has 0 bridgehead atoms. The lowest BCUT2D eigenvalue weighted by molar-refractivity contribution is 0.305. The molecule has 2 aliphatic rings. The van der Waals surface area contributed by atoms with Gasteiger partial charge in [0.2, 0.25) is 11.9 Å². The Hall–Kier alpha value is -2.50. The van der Waals surface area contributed by atoms with Crippen LogP contribution in [0.2, 0.25) is 0 Å². The van der Waals surface area contributed by atoms with Crippen LogP contribution >= 0.6 is 0 Å². The first-order valence-electron chi connectivity index (χ1n) is 8.56. The lowest BCUT2D eigenvalue weighted by Gasteiger charge is -2.45. The fraction of sp³-hybridized carbons (Fsp3) is 0.444. The Morgan fingerprint density at radius 3 is 2.62 bits per heavy atom. The van der Waals surface area contributed by atoms with Gasteiger partial charge in [0.25, 0.3) is 0 Å². The van der Waals surface area contributed by atoms with E-state index in [9.17, 15) is 0 Å². The summed E-state index contributed by atoms with van der Waals surface area (Å²) in [6.07, 6.45) is 7.55. The van der Waals surface area contributed by atoms with Gasteiger partial charge in [-0.2, -0.15) is 4.99 Å². The number of guanidine groups is 2. The minimum absolute atomic E-state index is 0.293. The maximum atomic E-state index is 6.30. The molecule has 1 saturated carbocycles. The van der Waals surface area contributed by atoms with Crippen molar-refractivity contribution in [1.29, 1.82) is 0 Å². The topological polar surface area (TPSA) is 84.9 Å². The highest BCUT2D eigenvalue weighted by Gasteiger charge is 2.42.